The summed E-state index contributed by atoms with van der Waals surface area (Å²) >= 11 is 14.4. The predicted molar refractivity (Wildman–Crippen MR) is 218 cm³/mol. The van der Waals surface area contributed by atoms with E-state index in [2.05, 4.69) is 0 Å². The second kappa shape index (κ2) is 13.2. The number of phenols is 1. The number of aromatic nitrogens is 2. The fraction of sp³-hybridized carbons (Fsp3) is 0.326. The third-order valence-electron chi connectivity index (χ3n) is 12.7. The average molecular weight is 826 g/mol. The van der Waals surface area contributed by atoms with Crippen molar-refractivity contribution in [1.29, 1.82) is 0 Å². The quantitative estimate of drug-likeness (QED) is 0.134. The van der Waals surface area contributed by atoms with Crippen molar-refractivity contribution in [2.45, 2.75) is 39.5 Å². The summed E-state index contributed by atoms with van der Waals surface area (Å²) in [4.78, 5) is 62.3. The van der Waals surface area contributed by atoms with E-state index in [9.17, 15) is 14.7 Å². The number of amides is 4. The van der Waals surface area contributed by atoms with Crippen LogP contribution in [0.5, 0.6) is 17.2 Å². The Morgan fingerprint density at radius 2 is 1.61 bits per heavy atom. The first-order chi connectivity index (χ1) is 27.2. The average Bonchev–Trinajstić information content (AvgIpc) is 3.86. The largest absolute Gasteiger partial charge is 0.502 e. The van der Waals surface area contributed by atoms with Crippen LogP contribution in [0.1, 0.15) is 42.4 Å². The number of methoxy groups -OCH3 is 2. The van der Waals surface area contributed by atoms with Gasteiger partial charge in [0.25, 0.3) is 0 Å². The molecule has 11 nitrogen and oxygen atoms in total. The van der Waals surface area contributed by atoms with Gasteiger partial charge in [0, 0.05) is 33.8 Å². The normalized spacial score (nSPS) is 25.5. The number of rotatable bonds is 6. The Morgan fingerprint density at radius 3 is 2.30 bits per heavy atom. The highest BCUT2D eigenvalue weighted by molar-refractivity contribution is 7.22. The van der Waals surface area contributed by atoms with Crippen LogP contribution in [-0.2, 0) is 26.2 Å². The predicted octanol–water partition coefficient (Wildman–Crippen LogP) is 8.38. The Hall–Kier alpha value is -5.17. The molecule has 14 heteroatoms. The standard InChI is InChI=1S/C43H38Cl2N4O7S/c1-19-7-9-23(16-29(19)45)48-39(51)25-11-10-24-27(35(25)41(48)53)17-28-40(52)49(42(54)43(28,3)36(24)21-13-31(55-5)37(50)32(14-21)56-6)34-18-30(46-47(34)4)38-20(2)26-15-22(44)8-12-33(26)57-38/h7-10,12-16,18,25,27-28,35-36,50H,11,17H2,1-6H3. The second-order valence-electron chi connectivity index (χ2n) is 15.6. The van der Waals surface area contributed by atoms with E-state index < -0.39 is 46.8 Å². The summed E-state index contributed by atoms with van der Waals surface area (Å²) in [5.74, 6) is -4.84. The Balaban J connectivity index is 1.18. The maximum Gasteiger partial charge on any atom is 0.242 e. The van der Waals surface area contributed by atoms with E-state index in [0.717, 1.165) is 31.7 Å². The van der Waals surface area contributed by atoms with Crippen LogP contribution in [0.15, 0.2) is 66.2 Å². The lowest BCUT2D eigenvalue weighted by molar-refractivity contribution is -0.131. The summed E-state index contributed by atoms with van der Waals surface area (Å²) in [6, 6.07) is 15.9. The van der Waals surface area contributed by atoms with Gasteiger partial charge >= 0.3 is 0 Å². The minimum Gasteiger partial charge on any atom is -0.502 e. The number of hydrogen-bond acceptors (Lipinski definition) is 9. The van der Waals surface area contributed by atoms with Crippen LogP contribution in [0, 0.1) is 42.9 Å². The van der Waals surface area contributed by atoms with Gasteiger partial charge < -0.3 is 14.6 Å². The van der Waals surface area contributed by atoms with E-state index in [1.54, 1.807) is 66.4 Å². The van der Waals surface area contributed by atoms with Gasteiger partial charge in [-0.25, -0.2) is 9.80 Å². The molecule has 292 valence electrons. The van der Waals surface area contributed by atoms with Crippen molar-refractivity contribution >= 4 is 79.8 Å². The van der Waals surface area contributed by atoms with E-state index in [0.29, 0.717) is 32.8 Å². The number of hydrogen-bond donors (Lipinski definition) is 1. The zero-order chi connectivity index (χ0) is 40.4. The molecule has 1 N–H and O–H groups in total. The number of fused-ring (bicyclic) bond motifs is 5. The number of halogens is 2. The molecule has 57 heavy (non-hydrogen) atoms. The number of allylic oxidation sites excluding steroid dienone is 2. The molecule has 6 atom stereocenters. The van der Waals surface area contributed by atoms with Crippen LogP contribution < -0.4 is 19.3 Å². The Labute approximate surface area is 342 Å². The SMILES string of the molecule is COc1cc(C2C3=CCC4C(=O)N(c5ccc(C)c(Cl)c5)C(=O)C4C3CC3C(=O)N(c4cc(-c5sc6ccc(Cl)cc6c5C)nn4C)C(=O)C32C)cc(OC)c1O. The minimum absolute atomic E-state index is 0.125. The first kappa shape index (κ1) is 37.4. The Morgan fingerprint density at radius 1 is 0.895 bits per heavy atom. The molecule has 0 bridgehead atoms. The number of imide groups is 2. The van der Waals surface area contributed by atoms with Gasteiger partial charge in [-0.15, -0.1) is 11.3 Å². The zero-order valence-corrected chi connectivity index (χ0v) is 34.3. The Kier molecular flexibility index (Phi) is 8.65. The summed E-state index contributed by atoms with van der Waals surface area (Å²) in [6.45, 7) is 5.65. The van der Waals surface area contributed by atoms with Crippen molar-refractivity contribution in [3.63, 3.8) is 0 Å². The molecule has 4 aliphatic rings. The zero-order valence-electron chi connectivity index (χ0n) is 31.9. The molecule has 4 amide bonds. The number of phenolic OH excluding ortho intramolecular Hbond substituents is 1. The van der Waals surface area contributed by atoms with Gasteiger partial charge in [-0.2, -0.15) is 5.10 Å². The van der Waals surface area contributed by atoms with Crippen molar-refractivity contribution in [1.82, 2.24) is 9.78 Å². The number of nitrogens with zero attached hydrogens (tertiary/aromatic N) is 4. The number of aryl methyl sites for hydroxylation is 3. The van der Waals surface area contributed by atoms with Crippen LogP contribution in [0.3, 0.4) is 0 Å². The maximum atomic E-state index is 15.3. The second-order valence-corrected chi connectivity index (χ2v) is 17.5. The lowest BCUT2D eigenvalue weighted by atomic mass is 9.51. The first-order valence-electron chi connectivity index (χ1n) is 18.6. The van der Waals surface area contributed by atoms with Crippen molar-refractivity contribution < 1.29 is 33.8 Å². The molecule has 2 aliphatic carbocycles. The van der Waals surface area contributed by atoms with E-state index in [1.807, 2.05) is 38.1 Å². The van der Waals surface area contributed by atoms with Gasteiger partial charge in [-0.1, -0.05) is 40.9 Å². The smallest absolute Gasteiger partial charge is 0.242 e. The number of ether oxygens (including phenoxy) is 2. The summed E-state index contributed by atoms with van der Waals surface area (Å²) in [5.41, 5.74) is 2.79. The Bertz CT molecular complexity index is 2630. The molecule has 0 radical (unpaired) electrons. The van der Waals surface area contributed by atoms with Crippen LogP contribution in [0.4, 0.5) is 11.5 Å². The molecule has 4 heterocycles. The summed E-state index contributed by atoms with van der Waals surface area (Å²) in [6.07, 6.45) is 2.40. The fourth-order valence-corrected chi connectivity index (χ4v) is 11.4. The van der Waals surface area contributed by atoms with Gasteiger partial charge in [0.05, 0.1) is 48.0 Å². The van der Waals surface area contributed by atoms with Gasteiger partial charge in [0.2, 0.25) is 29.4 Å². The number of anilines is 2. The van der Waals surface area contributed by atoms with Gasteiger partial charge in [-0.3, -0.25) is 23.9 Å². The van der Waals surface area contributed by atoms with Gasteiger partial charge in [0.15, 0.2) is 11.5 Å². The maximum absolute atomic E-state index is 15.3. The minimum atomic E-state index is -1.36. The van der Waals surface area contributed by atoms with Crippen molar-refractivity contribution in [3.05, 3.63) is 93.0 Å². The van der Waals surface area contributed by atoms with E-state index in [4.69, 9.17) is 37.8 Å². The number of aromatic hydroxyl groups is 1. The summed E-state index contributed by atoms with van der Waals surface area (Å²) in [7, 11) is 4.55. The third kappa shape index (κ3) is 5.26. The lowest BCUT2D eigenvalue weighted by Gasteiger charge is -2.49. The van der Waals surface area contributed by atoms with Crippen LogP contribution in [0.25, 0.3) is 20.7 Å². The molecular weight excluding hydrogens is 787 g/mol. The van der Waals surface area contributed by atoms with Crippen LogP contribution >= 0.6 is 34.5 Å². The number of carbonyl (C=O) groups is 4. The molecule has 0 spiro atoms. The molecule has 2 aliphatic heterocycles. The van der Waals surface area contributed by atoms with Crippen molar-refractivity contribution in [2.75, 3.05) is 24.0 Å². The highest BCUT2D eigenvalue weighted by Gasteiger charge is 2.68. The van der Waals surface area contributed by atoms with E-state index in [-0.39, 0.29) is 41.9 Å². The molecule has 9 rings (SSSR count). The highest BCUT2D eigenvalue weighted by atomic mass is 35.5. The molecule has 1 saturated carbocycles. The lowest BCUT2D eigenvalue weighted by Crippen LogP contribution is -2.49. The van der Waals surface area contributed by atoms with Crippen molar-refractivity contribution in [3.8, 4) is 27.8 Å². The molecular formula is C43H38Cl2N4O7S. The topological polar surface area (TPSA) is 131 Å². The van der Waals surface area contributed by atoms with E-state index in [1.165, 1.54) is 24.0 Å². The van der Waals surface area contributed by atoms with Gasteiger partial charge in [0.1, 0.15) is 11.5 Å². The van der Waals surface area contributed by atoms with Crippen molar-refractivity contribution in [2.24, 2.45) is 36.1 Å². The van der Waals surface area contributed by atoms with E-state index >= 15 is 9.59 Å². The summed E-state index contributed by atoms with van der Waals surface area (Å²) < 4.78 is 13.7. The van der Waals surface area contributed by atoms with Crippen LogP contribution in [-0.4, -0.2) is 52.7 Å². The molecule has 2 aromatic heterocycles. The number of thiophene rings is 1. The summed E-state index contributed by atoms with van der Waals surface area (Å²) in [5, 5.41) is 17.8. The van der Waals surface area contributed by atoms with Crippen LogP contribution in [0.2, 0.25) is 10.0 Å². The molecule has 3 fully saturated rings. The number of carbonyl (C=O) groups excluding carboxylic acids is 4. The monoisotopic (exact) mass is 824 g/mol. The molecule has 6 unspecified atom stereocenters. The molecule has 3 aromatic carbocycles. The molecule has 2 saturated heterocycles. The first-order valence-corrected chi connectivity index (χ1v) is 20.2. The molecule has 5 aromatic rings. The fourth-order valence-electron chi connectivity index (χ4n) is 9.88. The highest BCUT2D eigenvalue weighted by Crippen LogP contribution is 2.64. The number of benzene rings is 3. The third-order valence-corrected chi connectivity index (χ3v) is 14.7. The van der Waals surface area contributed by atoms with Gasteiger partial charge in [-0.05, 0) is 104 Å².